The molecule has 6 nitrogen and oxygen atoms in total. The van der Waals surface area contributed by atoms with Crippen molar-refractivity contribution < 1.29 is 19.1 Å². The highest BCUT2D eigenvalue weighted by molar-refractivity contribution is 6.43. The zero-order chi connectivity index (χ0) is 13.9. The number of allylic oxidation sites excluding steroid dienone is 1. The quantitative estimate of drug-likeness (QED) is 0.690. The SMILES string of the molecule is COC(=O)C1=NN=C(C(=O)OC)C(C)(C)C(C)=C1. The van der Waals surface area contributed by atoms with Gasteiger partial charge in [0.1, 0.15) is 0 Å². The van der Waals surface area contributed by atoms with Crippen LogP contribution in [0.4, 0.5) is 0 Å². The number of nitrogens with zero attached hydrogens (tertiary/aromatic N) is 2. The third kappa shape index (κ3) is 2.47. The molecule has 0 saturated heterocycles. The minimum Gasteiger partial charge on any atom is -0.464 e. The van der Waals surface area contributed by atoms with E-state index in [0.29, 0.717) is 0 Å². The maximum absolute atomic E-state index is 11.7. The van der Waals surface area contributed by atoms with Crippen molar-refractivity contribution in [2.45, 2.75) is 20.8 Å². The number of esters is 2. The van der Waals surface area contributed by atoms with Gasteiger partial charge in [0.15, 0.2) is 11.4 Å². The Morgan fingerprint density at radius 3 is 2.17 bits per heavy atom. The fourth-order valence-corrected chi connectivity index (χ4v) is 1.43. The summed E-state index contributed by atoms with van der Waals surface area (Å²) in [7, 11) is 2.53. The maximum Gasteiger partial charge on any atom is 0.358 e. The average molecular weight is 252 g/mol. The Hall–Kier alpha value is -1.98. The average Bonchev–Trinajstić information content (AvgIpc) is 2.45. The van der Waals surface area contributed by atoms with Crippen LogP contribution in [0.25, 0.3) is 0 Å². The summed E-state index contributed by atoms with van der Waals surface area (Å²) in [5.41, 5.74) is 0.319. The van der Waals surface area contributed by atoms with Gasteiger partial charge in [-0.15, -0.1) is 10.2 Å². The molecule has 0 aromatic rings. The summed E-state index contributed by atoms with van der Waals surface area (Å²) < 4.78 is 9.25. The van der Waals surface area contributed by atoms with Gasteiger partial charge >= 0.3 is 11.9 Å². The lowest BCUT2D eigenvalue weighted by Crippen LogP contribution is -2.33. The van der Waals surface area contributed by atoms with E-state index < -0.39 is 17.4 Å². The van der Waals surface area contributed by atoms with Crippen molar-refractivity contribution >= 4 is 23.4 Å². The highest BCUT2D eigenvalue weighted by Crippen LogP contribution is 2.30. The third-order valence-electron chi connectivity index (χ3n) is 2.96. The first-order valence-corrected chi connectivity index (χ1v) is 5.36. The Balaban J connectivity index is 3.32. The summed E-state index contributed by atoms with van der Waals surface area (Å²) >= 11 is 0. The van der Waals surface area contributed by atoms with Gasteiger partial charge in [-0.3, -0.25) is 0 Å². The van der Waals surface area contributed by atoms with Crippen molar-refractivity contribution in [3.63, 3.8) is 0 Å². The predicted molar refractivity (Wildman–Crippen MR) is 66.4 cm³/mol. The molecule has 0 N–H and O–H groups in total. The molecule has 0 amide bonds. The maximum atomic E-state index is 11.7. The summed E-state index contributed by atoms with van der Waals surface area (Å²) in [6.07, 6.45) is 1.56. The van der Waals surface area contributed by atoms with E-state index in [9.17, 15) is 9.59 Å². The number of rotatable bonds is 2. The van der Waals surface area contributed by atoms with E-state index in [1.807, 2.05) is 13.8 Å². The van der Waals surface area contributed by atoms with Gasteiger partial charge in [0.2, 0.25) is 0 Å². The van der Waals surface area contributed by atoms with E-state index >= 15 is 0 Å². The van der Waals surface area contributed by atoms with Gasteiger partial charge in [0, 0.05) is 5.41 Å². The van der Waals surface area contributed by atoms with Crippen molar-refractivity contribution in [2.75, 3.05) is 14.2 Å². The Morgan fingerprint density at radius 1 is 1.11 bits per heavy atom. The highest BCUT2D eigenvalue weighted by Gasteiger charge is 2.35. The van der Waals surface area contributed by atoms with E-state index in [4.69, 9.17) is 0 Å². The molecule has 0 radical (unpaired) electrons. The van der Waals surface area contributed by atoms with Crippen molar-refractivity contribution in [1.82, 2.24) is 0 Å². The normalized spacial score (nSPS) is 17.9. The molecule has 0 saturated carbocycles. The molecule has 0 aromatic carbocycles. The smallest absolute Gasteiger partial charge is 0.358 e. The molecule has 1 rings (SSSR count). The third-order valence-corrected chi connectivity index (χ3v) is 2.96. The van der Waals surface area contributed by atoms with Gasteiger partial charge in [-0.2, -0.15) is 0 Å². The number of hydrogen-bond donors (Lipinski definition) is 0. The van der Waals surface area contributed by atoms with Crippen molar-refractivity contribution in [3.8, 4) is 0 Å². The van der Waals surface area contributed by atoms with Crippen LogP contribution in [0.15, 0.2) is 21.9 Å². The number of methoxy groups -OCH3 is 2. The van der Waals surface area contributed by atoms with Crippen LogP contribution in [0.2, 0.25) is 0 Å². The molecule has 18 heavy (non-hydrogen) atoms. The van der Waals surface area contributed by atoms with E-state index in [1.165, 1.54) is 14.2 Å². The molecular formula is C12H16N2O4. The highest BCUT2D eigenvalue weighted by atomic mass is 16.5. The Kier molecular flexibility index (Phi) is 4.00. The molecule has 0 fully saturated rings. The van der Waals surface area contributed by atoms with E-state index in [1.54, 1.807) is 13.0 Å². The lowest BCUT2D eigenvalue weighted by molar-refractivity contribution is -0.133. The summed E-state index contributed by atoms with van der Waals surface area (Å²) in [6, 6.07) is 0. The fourth-order valence-electron chi connectivity index (χ4n) is 1.43. The monoisotopic (exact) mass is 252 g/mol. The minimum atomic E-state index is -0.660. The van der Waals surface area contributed by atoms with Crippen LogP contribution in [0.1, 0.15) is 20.8 Å². The first-order valence-electron chi connectivity index (χ1n) is 5.36. The van der Waals surface area contributed by atoms with Crippen LogP contribution in [0, 0.1) is 5.41 Å². The summed E-state index contributed by atoms with van der Waals surface area (Å²) in [5, 5.41) is 7.57. The molecular weight excluding hydrogens is 236 g/mol. The van der Waals surface area contributed by atoms with Crippen LogP contribution < -0.4 is 0 Å². The molecule has 0 aliphatic carbocycles. The fraction of sp³-hybridized carbons (Fsp3) is 0.500. The lowest BCUT2D eigenvalue weighted by atomic mass is 9.80. The van der Waals surface area contributed by atoms with E-state index in [-0.39, 0.29) is 11.4 Å². The number of ether oxygens (including phenoxy) is 2. The zero-order valence-electron chi connectivity index (χ0n) is 11.1. The Morgan fingerprint density at radius 2 is 1.67 bits per heavy atom. The largest absolute Gasteiger partial charge is 0.464 e. The molecule has 0 unspecified atom stereocenters. The molecule has 1 aliphatic rings. The predicted octanol–water partition coefficient (Wildman–Crippen LogP) is 1.12. The Bertz CT molecular complexity index is 472. The van der Waals surface area contributed by atoms with E-state index in [2.05, 4.69) is 19.7 Å². The van der Waals surface area contributed by atoms with Gasteiger partial charge in [-0.25, -0.2) is 9.59 Å². The minimum absolute atomic E-state index is 0.0574. The summed E-state index contributed by atoms with van der Waals surface area (Å²) in [6.45, 7) is 5.41. The van der Waals surface area contributed by atoms with Crippen molar-refractivity contribution in [1.29, 1.82) is 0 Å². The van der Waals surface area contributed by atoms with Crippen molar-refractivity contribution in [3.05, 3.63) is 11.6 Å². The van der Waals surface area contributed by atoms with Crippen LogP contribution in [0.5, 0.6) is 0 Å². The molecule has 6 heteroatoms. The first kappa shape index (κ1) is 14.1. The molecule has 0 aromatic heterocycles. The number of carbonyl (C=O) groups is 2. The van der Waals surface area contributed by atoms with Crippen LogP contribution >= 0.6 is 0 Å². The van der Waals surface area contributed by atoms with Gasteiger partial charge in [0.05, 0.1) is 14.2 Å². The Labute approximate surface area is 105 Å². The summed E-state index contributed by atoms with van der Waals surface area (Å²) in [5.74, 6) is -1.16. The zero-order valence-corrected chi connectivity index (χ0v) is 11.1. The molecule has 0 atom stereocenters. The molecule has 1 aliphatic heterocycles. The van der Waals surface area contributed by atoms with Crippen molar-refractivity contribution in [2.24, 2.45) is 15.6 Å². The molecule has 1 heterocycles. The van der Waals surface area contributed by atoms with Crippen LogP contribution in [-0.4, -0.2) is 37.6 Å². The second kappa shape index (κ2) is 5.12. The molecule has 0 bridgehead atoms. The topological polar surface area (TPSA) is 77.3 Å². The molecule has 0 spiro atoms. The van der Waals surface area contributed by atoms with Crippen LogP contribution in [-0.2, 0) is 19.1 Å². The van der Waals surface area contributed by atoms with Gasteiger partial charge < -0.3 is 9.47 Å². The van der Waals surface area contributed by atoms with Gasteiger partial charge in [-0.05, 0) is 13.0 Å². The number of carbonyl (C=O) groups excluding carboxylic acids is 2. The van der Waals surface area contributed by atoms with Gasteiger partial charge in [0.25, 0.3) is 0 Å². The molecule has 98 valence electrons. The van der Waals surface area contributed by atoms with Crippen LogP contribution in [0.3, 0.4) is 0 Å². The first-order chi connectivity index (χ1) is 8.34. The number of hydrogen-bond acceptors (Lipinski definition) is 6. The van der Waals surface area contributed by atoms with Gasteiger partial charge in [-0.1, -0.05) is 19.4 Å². The second-order valence-electron chi connectivity index (χ2n) is 4.37. The summed E-state index contributed by atoms with van der Waals surface area (Å²) in [4.78, 5) is 23.1. The lowest BCUT2D eigenvalue weighted by Gasteiger charge is -2.24. The van der Waals surface area contributed by atoms with E-state index in [0.717, 1.165) is 5.57 Å². The standard InChI is InChI=1S/C12H16N2O4/c1-7-6-8(10(15)17-4)13-14-9(11(16)18-5)12(7,2)3/h6H,1-5H3. The second-order valence-corrected chi connectivity index (χ2v) is 4.37.